The number of aromatic nitrogens is 3. The zero-order chi connectivity index (χ0) is 24.6. The highest BCUT2D eigenvalue weighted by atomic mass is 19.1. The van der Waals surface area contributed by atoms with E-state index in [4.69, 9.17) is 4.74 Å². The van der Waals surface area contributed by atoms with Crippen LogP contribution in [0.5, 0.6) is 5.75 Å². The van der Waals surface area contributed by atoms with Crippen LogP contribution in [0.25, 0.3) is 0 Å². The van der Waals surface area contributed by atoms with Gasteiger partial charge in [0.25, 0.3) is 0 Å². The van der Waals surface area contributed by atoms with Crippen LogP contribution in [0.15, 0.2) is 84.0 Å². The third-order valence-electron chi connectivity index (χ3n) is 5.63. The van der Waals surface area contributed by atoms with Crippen molar-refractivity contribution in [3.8, 4) is 5.75 Å². The van der Waals surface area contributed by atoms with Crippen LogP contribution in [0.4, 0.5) is 27.9 Å². The Hall–Kier alpha value is -4.53. The van der Waals surface area contributed by atoms with Crippen molar-refractivity contribution in [2.24, 2.45) is 5.10 Å². The third kappa shape index (κ3) is 6.12. The molecule has 9 heteroatoms. The van der Waals surface area contributed by atoms with Crippen LogP contribution >= 0.6 is 0 Å². The number of hydrazone groups is 1. The number of hydrogen-bond acceptors (Lipinski definition) is 8. The first-order valence-corrected chi connectivity index (χ1v) is 11.8. The summed E-state index contributed by atoms with van der Waals surface area (Å²) in [7, 11) is 0. The van der Waals surface area contributed by atoms with Crippen molar-refractivity contribution < 1.29 is 9.13 Å². The number of hydrogen-bond donors (Lipinski definition) is 2. The molecule has 3 aromatic carbocycles. The van der Waals surface area contributed by atoms with Gasteiger partial charge in [0.05, 0.1) is 6.21 Å². The zero-order valence-electron chi connectivity index (χ0n) is 19.6. The molecular formula is C27H26FN7O. The molecule has 0 saturated carbocycles. The Bertz CT molecular complexity index is 1330. The van der Waals surface area contributed by atoms with Crippen molar-refractivity contribution in [1.82, 2.24) is 15.0 Å². The standard InChI is InChI=1S/C27H26FN7O/c28-24-14-5-4-10-21(24)19-36-23-13-8-9-20(17-23)18-29-34-26-31-25(30-22-11-2-1-3-12-22)32-27(33-26)35-15-6-7-16-35/h1-5,8-14,17-18H,6-7,15-16,19H2,(H2,30,31,32,33,34)/b29-18+. The molecule has 1 aliphatic rings. The second-order valence-electron chi connectivity index (χ2n) is 8.29. The Kier molecular flexibility index (Phi) is 7.27. The first kappa shape index (κ1) is 23.2. The lowest BCUT2D eigenvalue weighted by atomic mass is 10.2. The van der Waals surface area contributed by atoms with E-state index in [9.17, 15) is 4.39 Å². The third-order valence-corrected chi connectivity index (χ3v) is 5.63. The predicted molar refractivity (Wildman–Crippen MR) is 139 cm³/mol. The molecule has 0 spiro atoms. The Morgan fingerprint density at radius 3 is 2.50 bits per heavy atom. The van der Waals surface area contributed by atoms with E-state index in [1.165, 1.54) is 6.07 Å². The van der Waals surface area contributed by atoms with E-state index in [-0.39, 0.29) is 12.4 Å². The molecule has 1 aromatic heterocycles. The van der Waals surface area contributed by atoms with Gasteiger partial charge in [-0.1, -0.05) is 48.5 Å². The molecule has 1 saturated heterocycles. The molecule has 1 fully saturated rings. The quantitative estimate of drug-likeness (QED) is 0.244. The van der Waals surface area contributed by atoms with Crippen LogP contribution in [0, 0.1) is 5.82 Å². The predicted octanol–water partition coefficient (Wildman–Crippen LogP) is 5.38. The van der Waals surface area contributed by atoms with Crippen LogP contribution in [0.2, 0.25) is 0 Å². The van der Waals surface area contributed by atoms with E-state index in [2.05, 4.69) is 35.7 Å². The average molecular weight is 484 g/mol. The molecule has 0 unspecified atom stereocenters. The summed E-state index contributed by atoms with van der Waals surface area (Å²) in [4.78, 5) is 15.8. The molecule has 2 N–H and O–H groups in total. The topological polar surface area (TPSA) is 87.6 Å². The molecule has 5 rings (SSSR count). The van der Waals surface area contributed by atoms with Crippen LogP contribution < -0.4 is 20.4 Å². The van der Waals surface area contributed by atoms with Gasteiger partial charge in [0, 0.05) is 24.3 Å². The number of nitrogens with zero attached hydrogens (tertiary/aromatic N) is 5. The van der Waals surface area contributed by atoms with E-state index in [0.29, 0.717) is 29.2 Å². The minimum atomic E-state index is -0.286. The Morgan fingerprint density at radius 1 is 0.889 bits per heavy atom. The van der Waals surface area contributed by atoms with Crippen LogP contribution in [0.1, 0.15) is 24.0 Å². The van der Waals surface area contributed by atoms with E-state index >= 15 is 0 Å². The molecule has 0 aliphatic carbocycles. The van der Waals surface area contributed by atoms with Crippen molar-refractivity contribution in [3.05, 3.63) is 95.8 Å². The van der Waals surface area contributed by atoms with Crippen molar-refractivity contribution in [2.75, 3.05) is 28.7 Å². The summed E-state index contributed by atoms with van der Waals surface area (Å²) in [5.74, 6) is 1.73. The molecule has 36 heavy (non-hydrogen) atoms. The number of ether oxygens (including phenoxy) is 1. The maximum Gasteiger partial charge on any atom is 0.250 e. The molecule has 182 valence electrons. The minimum absolute atomic E-state index is 0.146. The summed E-state index contributed by atoms with van der Waals surface area (Å²) in [5.41, 5.74) is 5.12. The molecule has 0 bridgehead atoms. The van der Waals surface area contributed by atoms with Gasteiger partial charge in [0.2, 0.25) is 17.8 Å². The van der Waals surface area contributed by atoms with Crippen molar-refractivity contribution in [3.63, 3.8) is 0 Å². The van der Waals surface area contributed by atoms with Gasteiger partial charge in [-0.05, 0) is 48.7 Å². The lowest BCUT2D eigenvalue weighted by Crippen LogP contribution is -2.21. The summed E-state index contributed by atoms with van der Waals surface area (Å²) in [6, 6.07) is 23.7. The van der Waals surface area contributed by atoms with Crippen molar-refractivity contribution >= 4 is 29.7 Å². The van der Waals surface area contributed by atoms with E-state index in [1.807, 2.05) is 54.6 Å². The fraction of sp³-hybridized carbons (Fsp3) is 0.185. The van der Waals surface area contributed by atoms with Gasteiger partial charge in [-0.25, -0.2) is 9.82 Å². The van der Waals surface area contributed by atoms with Crippen molar-refractivity contribution in [1.29, 1.82) is 0 Å². The number of halogens is 1. The van der Waals surface area contributed by atoms with Gasteiger partial charge in [-0.2, -0.15) is 20.1 Å². The fourth-order valence-corrected chi connectivity index (χ4v) is 3.81. The van der Waals surface area contributed by atoms with Crippen LogP contribution in [0.3, 0.4) is 0 Å². The highest BCUT2D eigenvalue weighted by molar-refractivity contribution is 5.80. The van der Waals surface area contributed by atoms with E-state index in [0.717, 1.165) is 37.2 Å². The summed E-state index contributed by atoms with van der Waals surface area (Å²) in [6.07, 6.45) is 3.88. The summed E-state index contributed by atoms with van der Waals surface area (Å²) < 4.78 is 19.6. The molecule has 0 radical (unpaired) electrons. The molecule has 0 amide bonds. The largest absolute Gasteiger partial charge is 0.489 e. The smallest absolute Gasteiger partial charge is 0.250 e. The molecule has 2 heterocycles. The maximum absolute atomic E-state index is 13.8. The lowest BCUT2D eigenvalue weighted by molar-refractivity contribution is 0.300. The number of nitrogens with one attached hydrogen (secondary N) is 2. The molecule has 0 atom stereocenters. The number of anilines is 4. The van der Waals surface area contributed by atoms with E-state index in [1.54, 1.807) is 24.4 Å². The lowest BCUT2D eigenvalue weighted by Gasteiger charge is -2.16. The second-order valence-corrected chi connectivity index (χ2v) is 8.29. The average Bonchev–Trinajstić information content (AvgIpc) is 3.44. The molecule has 4 aromatic rings. The Morgan fingerprint density at radius 2 is 1.67 bits per heavy atom. The van der Waals surface area contributed by atoms with Crippen molar-refractivity contribution in [2.45, 2.75) is 19.4 Å². The highest BCUT2D eigenvalue weighted by Crippen LogP contribution is 2.21. The minimum Gasteiger partial charge on any atom is -0.489 e. The molecule has 1 aliphatic heterocycles. The van der Waals surface area contributed by atoms with Crippen LogP contribution in [-0.4, -0.2) is 34.3 Å². The van der Waals surface area contributed by atoms with Gasteiger partial charge in [-0.3, -0.25) is 0 Å². The summed E-state index contributed by atoms with van der Waals surface area (Å²) in [6.45, 7) is 1.97. The first-order chi connectivity index (χ1) is 17.7. The fourth-order valence-electron chi connectivity index (χ4n) is 3.81. The zero-order valence-corrected chi connectivity index (χ0v) is 19.6. The van der Waals surface area contributed by atoms with E-state index < -0.39 is 0 Å². The van der Waals surface area contributed by atoms with Crippen LogP contribution in [-0.2, 0) is 6.61 Å². The first-order valence-electron chi connectivity index (χ1n) is 11.8. The molecule has 8 nitrogen and oxygen atoms in total. The Balaban J connectivity index is 1.28. The SMILES string of the molecule is Fc1ccccc1COc1cccc(/C=N/Nc2nc(Nc3ccccc3)nc(N3CCCC3)n2)c1. The number of para-hydroxylation sites is 1. The normalized spacial score (nSPS) is 13.2. The maximum atomic E-state index is 13.8. The van der Waals surface area contributed by atoms with Gasteiger partial charge in [0.15, 0.2) is 0 Å². The molecular weight excluding hydrogens is 457 g/mol. The van der Waals surface area contributed by atoms with Gasteiger partial charge in [0.1, 0.15) is 18.2 Å². The van der Waals surface area contributed by atoms with Gasteiger partial charge < -0.3 is 15.0 Å². The summed E-state index contributed by atoms with van der Waals surface area (Å²) in [5, 5.41) is 7.54. The highest BCUT2D eigenvalue weighted by Gasteiger charge is 2.17. The second kappa shape index (κ2) is 11.3. The Labute approximate surface area is 208 Å². The number of benzene rings is 3. The monoisotopic (exact) mass is 483 g/mol. The van der Waals surface area contributed by atoms with Gasteiger partial charge in [-0.15, -0.1) is 0 Å². The van der Waals surface area contributed by atoms with Gasteiger partial charge >= 0.3 is 0 Å². The number of rotatable bonds is 9. The summed E-state index contributed by atoms with van der Waals surface area (Å²) >= 11 is 0.